The number of rotatable bonds is 6. The fourth-order valence-corrected chi connectivity index (χ4v) is 1.50. The highest BCUT2D eigenvalue weighted by atomic mass is 16.6. The van der Waals surface area contributed by atoms with Gasteiger partial charge in [0.2, 0.25) is 5.91 Å². The van der Waals surface area contributed by atoms with Crippen LogP contribution >= 0.6 is 0 Å². The van der Waals surface area contributed by atoms with Crippen molar-refractivity contribution < 1.29 is 9.63 Å². The number of nitrogens with one attached hydrogen (secondary N) is 1. The van der Waals surface area contributed by atoms with Gasteiger partial charge in [0.05, 0.1) is 12.5 Å². The molecular formula is C14H22N2O2. The van der Waals surface area contributed by atoms with Crippen LogP contribution in [-0.4, -0.2) is 12.5 Å². The maximum absolute atomic E-state index is 11.8. The summed E-state index contributed by atoms with van der Waals surface area (Å²) < 4.78 is 0. The van der Waals surface area contributed by atoms with Gasteiger partial charge in [-0.2, -0.15) is 0 Å². The molecule has 1 aromatic rings. The van der Waals surface area contributed by atoms with E-state index >= 15 is 0 Å². The molecule has 3 N–H and O–H groups in total. The van der Waals surface area contributed by atoms with E-state index in [2.05, 4.69) is 5.48 Å². The highest BCUT2D eigenvalue weighted by molar-refractivity contribution is 5.78. The van der Waals surface area contributed by atoms with E-state index in [1.807, 2.05) is 44.2 Å². The zero-order valence-electron chi connectivity index (χ0n) is 11.2. The van der Waals surface area contributed by atoms with Crippen LogP contribution in [0.2, 0.25) is 0 Å². The molecule has 1 amide bonds. The molecule has 0 bridgehead atoms. The molecule has 18 heavy (non-hydrogen) atoms. The lowest BCUT2D eigenvalue weighted by atomic mass is 9.95. The smallest absolute Gasteiger partial charge is 0.248 e. The number of nitrogens with two attached hydrogens (primary N) is 1. The average molecular weight is 250 g/mol. The summed E-state index contributed by atoms with van der Waals surface area (Å²) in [6, 6.07) is 9.26. The molecule has 2 unspecified atom stereocenters. The van der Waals surface area contributed by atoms with Gasteiger partial charge in [-0.15, -0.1) is 0 Å². The molecule has 2 atom stereocenters. The Bertz CT molecular complexity index is 365. The van der Waals surface area contributed by atoms with Crippen molar-refractivity contribution in [2.75, 3.05) is 6.61 Å². The molecule has 0 aliphatic rings. The summed E-state index contributed by atoms with van der Waals surface area (Å²) in [6.45, 7) is 6.33. The van der Waals surface area contributed by atoms with Gasteiger partial charge in [0, 0.05) is 6.04 Å². The van der Waals surface area contributed by atoms with Crippen LogP contribution < -0.4 is 11.2 Å². The van der Waals surface area contributed by atoms with Crippen LogP contribution in [0.5, 0.6) is 0 Å². The number of carbonyl (C=O) groups excluding carboxylic acids is 1. The Labute approximate surface area is 108 Å². The first kappa shape index (κ1) is 14.7. The summed E-state index contributed by atoms with van der Waals surface area (Å²) in [5, 5.41) is 0. The summed E-state index contributed by atoms with van der Waals surface area (Å²) in [5.74, 6) is -0.144. The van der Waals surface area contributed by atoms with E-state index in [1.54, 1.807) is 6.92 Å². The minimum absolute atomic E-state index is 0.188. The van der Waals surface area contributed by atoms with Crippen molar-refractivity contribution >= 4 is 5.91 Å². The van der Waals surface area contributed by atoms with Gasteiger partial charge in [-0.3, -0.25) is 9.63 Å². The lowest BCUT2D eigenvalue weighted by Gasteiger charge is -2.19. The second kappa shape index (κ2) is 7.13. The predicted molar refractivity (Wildman–Crippen MR) is 71.5 cm³/mol. The summed E-state index contributed by atoms with van der Waals surface area (Å²) >= 11 is 0. The molecule has 4 heteroatoms. The molecule has 0 saturated carbocycles. The largest absolute Gasteiger partial charge is 0.323 e. The lowest BCUT2D eigenvalue weighted by molar-refractivity contribution is -0.138. The normalized spacial score (nSPS) is 14.3. The van der Waals surface area contributed by atoms with Crippen LogP contribution in [-0.2, 0) is 9.63 Å². The zero-order chi connectivity index (χ0) is 13.5. The summed E-state index contributed by atoms with van der Waals surface area (Å²) in [4.78, 5) is 16.9. The third-order valence-corrected chi connectivity index (χ3v) is 2.73. The molecule has 0 fully saturated rings. The number of hydrogen-bond donors (Lipinski definition) is 2. The summed E-state index contributed by atoms with van der Waals surface area (Å²) in [5.41, 5.74) is 9.45. The molecule has 0 spiro atoms. The molecule has 0 saturated heterocycles. The quantitative estimate of drug-likeness (QED) is 0.759. The Morgan fingerprint density at radius 3 is 2.44 bits per heavy atom. The Kier molecular flexibility index (Phi) is 5.82. The van der Waals surface area contributed by atoms with E-state index in [4.69, 9.17) is 10.6 Å². The Morgan fingerprint density at radius 2 is 1.89 bits per heavy atom. The number of hydrogen-bond acceptors (Lipinski definition) is 3. The van der Waals surface area contributed by atoms with Crippen LogP contribution in [0, 0.1) is 11.8 Å². The monoisotopic (exact) mass is 250 g/mol. The van der Waals surface area contributed by atoms with Crippen molar-refractivity contribution in [1.29, 1.82) is 0 Å². The first-order valence-corrected chi connectivity index (χ1v) is 6.24. The van der Waals surface area contributed by atoms with Gasteiger partial charge < -0.3 is 5.73 Å². The molecular weight excluding hydrogens is 228 g/mol. The minimum Gasteiger partial charge on any atom is -0.323 e. The van der Waals surface area contributed by atoms with Crippen molar-refractivity contribution in [3.63, 3.8) is 0 Å². The van der Waals surface area contributed by atoms with Crippen LogP contribution in [0.1, 0.15) is 32.4 Å². The summed E-state index contributed by atoms with van der Waals surface area (Å²) in [7, 11) is 0. The van der Waals surface area contributed by atoms with Crippen molar-refractivity contribution in [1.82, 2.24) is 5.48 Å². The van der Waals surface area contributed by atoms with Crippen molar-refractivity contribution in [3.8, 4) is 0 Å². The highest BCUT2D eigenvalue weighted by Gasteiger charge is 2.22. The van der Waals surface area contributed by atoms with Gasteiger partial charge in [0.1, 0.15) is 0 Å². The van der Waals surface area contributed by atoms with Crippen LogP contribution in [0.25, 0.3) is 0 Å². The molecule has 0 aliphatic carbocycles. The zero-order valence-corrected chi connectivity index (χ0v) is 11.2. The molecule has 100 valence electrons. The van der Waals surface area contributed by atoms with E-state index < -0.39 is 0 Å². The van der Waals surface area contributed by atoms with Gasteiger partial charge in [0.15, 0.2) is 0 Å². The van der Waals surface area contributed by atoms with E-state index in [-0.39, 0.29) is 17.9 Å². The van der Waals surface area contributed by atoms with E-state index in [0.717, 1.165) is 5.56 Å². The lowest BCUT2D eigenvalue weighted by Crippen LogP contribution is -2.36. The second-order valence-corrected chi connectivity index (χ2v) is 4.90. The third kappa shape index (κ3) is 4.47. The van der Waals surface area contributed by atoms with Crippen LogP contribution in [0.3, 0.4) is 0 Å². The first-order valence-electron chi connectivity index (χ1n) is 6.24. The molecule has 4 nitrogen and oxygen atoms in total. The molecule has 0 aliphatic heterocycles. The van der Waals surface area contributed by atoms with Crippen LogP contribution in [0.4, 0.5) is 0 Å². The Morgan fingerprint density at radius 1 is 1.28 bits per heavy atom. The van der Waals surface area contributed by atoms with E-state index in [9.17, 15) is 4.79 Å². The van der Waals surface area contributed by atoms with Crippen molar-refractivity contribution in [3.05, 3.63) is 35.9 Å². The fraction of sp³-hybridized carbons (Fsp3) is 0.500. The maximum atomic E-state index is 11.8. The SMILES string of the molecule is CC(C)CONC(=O)C(C)C(N)c1ccccc1. The molecule has 0 heterocycles. The number of amides is 1. The number of carbonyl (C=O) groups is 1. The van der Waals surface area contributed by atoms with Gasteiger partial charge in [-0.05, 0) is 11.5 Å². The molecule has 1 aromatic carbocycles. The minimum atomic E-state index is -0.334. The second-order valence-electron chi connectivity index (χ2n) is 4.90. The highest BCUT2D eigenvalue weighted by Crippen LogP contribution is 2.18. The topological polar surface area (TPSA) is 64.3 Å². The van der Waals surface area contributed by atoms with Gasteiger partial charge in [0.25, 0.3) is 0 Å². The standard InChI is InChI=1S/C14H22N2O2/c1-10(2)9-18-16-14(17)11(3)13(15)12-7-5-4-6-8-12/h4-8,10-11,13H,9,15H2,1-3H3,(H,16,17). The molecule has 1 rings (SSSR count). The summed E-state index contributed by atoms with van der Waals surface area (Å²) in [6.07, 6.45) is 0. The fourth-order valence-electron chi connectivity index (χ4n) is 1.50. The number of hydroxylamine groups is 1. The molecule has 0 aromatic heterocycles. The molecule has 0 radical (unpaired) electrons. The Balaban J connectivity index is 2.48. The first-order chi connectivity index (χ1) is 8.52. The van der Waals surface area contributed by atoms with E-state index in [1.165, 1.54) is 0 Å². The number of benzene rings is 1. The van der Waals surface area contributed by atoms with Crippen molar-refractivity contribution in [2.24, 2.45) is 17.6 Å². The van der Waals surface area contributed by atoms with Crippen molar-refractivity contribution in [2.45, 2.75) is 26.8 Å². The van der Waals surface area contributed by atoms with Gasteiger partial charge >= 0.3 is 0 Å². The average Bonchev–Trinajstić information content (AvgIpc) is 2.37. The van der Waals surface area contributed by atoms with Crippen LogP contribution in [0.15, 0.2) is 30.3 Å². The predicted octanol–water partition coefficient (Wildman–Crippen LogP) is 2.03. The maximum Gasteiger partial charge on any atom is 0.248 e. The Hall–Kier alpha value is -1.39. The van der Waals surface area contributed by atoms with E-state index in [0.29, 0.717) is 12.5 Å². The van der Waals surface area contributed by atoms with Gasteiger partial charge in [-0.25, -0.2) is 5.48 Å². The third-order valence-electron chi connectivity index (χ3n) is 2.73. The van der Waals surface area contributed by atoms with Gasteiger partial charge in [-0.1, -0.05) is 51.1 Å².